The van der Waals surface area contributed by atoms with Gasteiger partial charge >= 0.3 is 5.97 Å². The minimum atomic E-state index is -1.20. The van der Waals surface area contributed by atoms with Gasteiger partial charge in [-0.2, -0.15) is 0 Å². The standard InChI is InChI=1S/C9H17ClO3/c1-4-13-9(12)8(11)7(10)5-6(2)3/h6-8,11H,4-5H2,1-3H3/t7-,8+/m0/s1. The van der Waals surface area contributed by atoms with Gasteiger partial charge in [0.05, 0.1) is 12.0 Å². The van der Waals surface area contributed by atoms with Gasteiger partial charge in [-0.1, -0.05) is 13.8 Å². The Labute approximate surface area is 84.0 Å². The van der Waals surface area contributed by atoms with Gasteiger partial charge in [-0.25, -0.2) is 4.79 Å². The van der Waals surface area contributed by atoms with E-state index >= 15 is 0 Å². The molecule has 0 aliphatic carbocycles. The van der Waals surface area contributed by atoms with Crippen LogP contribution in [0.3, 0.4) is 0 Å². The van der Waals surface area contributed by atoms with Crippen molar-refractivity contribution < 1.29 is 14.6 Å². The summed E-state index contributed by atoms with van der Waals surface area (Å²) < 4.78 is 4.63. The third-order valence-corrected chi connectivity index (χ3v) is 1.98. The zero-order chi connectivity index (χ0) is 10.4. The van der Waals surface area contributed by atoms with Crippen molar-refractivity contribution in [2.45, 2.75) is 38.7 Å². The first-order chi connectivity index (χ1) is 5.99. The van der Waals surface area contributed by atoms with Gasteiger partial charge in [0.25, 0.3) is 0 Å². The number of ether oxygens (including phenoxy) is 1. The summed E-state index contributed by atoms with van der Waals surface area (Å²) in [4.78, 5) is 11.0. The Hall–Kier alpha value is -0.280. The number of alkyl halides is 1. The summed E-state index contributed by atoms with van der Waals surface area (Å²) in [6.45, 7) is 5.91. The van der Waals surface area contributed by atoms with Crippen LogP contribution in [0, 0.1) is 5.92 Å². The normalized spacial score (nSPS) is 15.5. The predicted octanol–water partition coefficient (Wildman–Crippen LogP) is 1.56. The zero-order valence-corrected chi connectivity index (χ0v) is 9.04. The molecule has 0 aliphatic rings. The predicted molar refractivity (Wildman–Crippen MR) is 51.7 cm³/mol. The highest BCUT2D eigenvalue weighted by Crippen LogP contribution is 2.15. The second-order valence-electron chi connectivity index (χ2n) is 3.34. The summed E-state index contributed by atoms with van der Waals surface area (Å²) in [6.07, 6.45) is -0.606. The number of carbonyl (C=O) groups is 1. The quantitative estimate of drug-likeness (QED) is 0.551. The van der Waals surface area contributed by atoms with Gasteiger partial charge in [0.2, 0.25) is 0 Å². The second kappa shape index (κ2) is 6.22. The average Bonchev–Trinajstić information content (AvgIpc) is 2.02. The van der Waals surface area contributed by atoms with Crippen molar-refractivity contribution in [1.29, 1.82) is 0 Å². The van der Waals surface area contributed by atoms with Gasteiger partial charge in [0.15, 0.2) is 6.10 Å². The highest BCUT2D eigenvalue weighted by molar-refractivity contribution is 6.22. The lowest BCUT2D eigenvalue weighted by molar-refractivity contribution is -0.153. The summed E-state index contributed by atoms with van der Waals surface area (Å²) in [7, 11) is 0. The minimum Gasteiger partial charge on any atom is -0.464 e. The number of aliphatic hydroxyl groups is 1. The molecule has 0 amide bonds. The molecule has 0 bridgehead atoms. The van der Waals surface area contributed by atoms with Crippen molar-refractivity contribution in [2.75, 3.05) is 6.61 Å². The Morgan fingerprint density at radius 2 is 2.08 bits per heavy atom. The number of hydrogen-bond acceptors (Lipinski definition) is 3. The van der Waals surface area contributed by atoms with E-state index in [1.54, 1.807) is 6.92 Å². The Morgan fingerprint density at radius 1 is 1.54 bits per heavy atom. The van der Waals surface area contributed by atoms with E-state index in [0.717, 1.165) is 0 Å². The van der Waals surface area contributed by atoms with Gasteiger partial charge in [0.1, 0.15) is 0 Å². The fourth-order valence-electron chi connectivity index (χ4n) is 0.955. The number of halogens is 1. The third kappa shape index (κ3) is 5.11. The Balaban J connectivity index is 3.93. The molecule has 0 aromatic rings. The Bertz CT molecular complexity index is 159. The summed E-state index contributed by atoms with van der Waals surface area (Å²) >= 11 is 5.81. The van der Waals surface area contributed by atoms with Crippen LogP contribution >= 0.6 is 11.6 Å². The molecule has 0 spiro atoms. The molecule has 0 fully saturated rings. The van der Waals surface area contributed by atoms with Crippen LogP contribution < -0.4 is 0 Å². The molecule has 0 unspecified atom stereocenters. The van der Waals surface area contributed by atoms with Gasteiger partial charge in [0, 0.05) is 0 Å². The lowest BCUT2D eigenvalue weighted by Crippen LogP contribution is -2.32. The van der Waals surface area contributed by atoms with Crippen molar-refractivity contribution in [2.24, 2.45) is 5.92 Å². The summed E-state index contributed by atoms with van der Waals surface area (Å²) in [6, 6.07) is 0. The van der Waals surface area contributed by atoms with E-state index < -0.39 is 17.5 Å². The number of carbonyl (C=O) groups excluding carboxylic acids is 1. The number of esters is 1. The van der Waals surface area contributed by atoms with Crippen LogP contribution in [0.4, 0.5) is 0 Å². The van der Waals surface area contributed by atoms with Crippen LogP contribution in [0.5, 0.6) is 0 Å². The molecule has 2 atom stereocenters. The van der Waals surface area contributed by atoms with Crippen LogP contribution in [-0.4, -0.2) is 29.2 Å². The molecule has 13 heavy (non-hydrogen) atoms. The molecular formula is C9H17ClO3. The first-order valence-corrected chi connectivity index (χ1v) is 4.91. The van der Waals surface area contributed by atoms with E-state index in [9.17, 15) is 9.90 Å². The Kier molecular flexibility index (Phi) is 6.08. The highest BCUT2D eigenvalue weighted by atomic mass is 35.5. The summed E-state index contributed by atoms with van der Waals surface area (Å²) in [5, 5.41) is 8.80. The number of aliphatic hydroxyl groups excluding tert-OH is 1. The van der Waals surface area contributed by atoms with Crippen molar-refractivity contribution in [1.82, 2.24) is 0 Å². The molecule has 0 aromatic heterocycles. The molecule has 1 N–H and O–H groups in total. The van der Waals surface area contributed by atoms with Crippen molar-refractivity contribution >= 4 is 17.6 Å². The van der Waals surface area contributed by atoms with Crippen LogP contribution in [0.2, 0.25) is 0 Å². The molecule has 78 valence electrons. The SMILES string of the molecule is CCOC(=O)[C@H](O)[C@@H](Cl)CC(C)C. The largest absolute Gasteiger partial charge is 0.464 e. The number of rotatable bonds is 5. The first-order valence-electron chi connectivity index (χ1n) is 4.47. The molecule has 0 saturated heterocycles. The van der Waals surface area contributed by atoms with E-state index in [1.807, 2.05) is 13.8 Å². The van der Waals surface area contributed by atoms with E-state index in [2.05, 4.69) is 4.74 Å². The smallest absolute Gasteiger partial charge is 0.336 e. The fraction of sp³-hybridized carbons (Fsp3) is 0.889. The molecule has 0 saturated carbocycles. The monoisotopic (exact) mass is 208 g/mol. The zero-order valence-electron chi connectivity index (χ0n) is 8.29. The van der Waals surface area contributed by atoms with Crippen molar-refractivity contribution in [3.8, 4) is 0 Å². The average molecular weight is 209 g/mol. The topological polar surface area (TPSA) is 46.5 Å². The second-order valence-corrected chi connectivity index (χ2v) is 3.90. The third-order valence-electron chi connectivity index (χ3n) is 1.57. The molecule has 3 nitrogen and oxygen atoms in total. The summed E-state index contributed by atoms with van der Waals surface area (Å²) in [5.74, 6) is -0.283. The maximum atomic E-state index is 11.0. The maximum absolute atomic E-state index is 11.0. The molecular weight excluding hydrogens is 192 g/mol. The van der Waals surface area contributed by atoms with E-state index in [-0.39, 0.29) is 6.61 Å². The van der Waals surface area contributed by atoms with E-state index in [4.69, 9.17) is 11.6 Å². The van der Waals surface area contributed by atoms with E-state index in [0.29, 0.717) is 12.3 Å². The van der Waals surface area contributed by atoms with Gasteiger partial charge in [-0.15, -0.1) is 11.6 Å². The van der Waals surface area contributed by atoms with Crippen LogP contribution in [0.15, 0.2) is 0 Å². The lowest BCUT2D eigenvalue weighted by Gasteiger charge is -2.16. The van der Waals surface area contributed by atoms with E-state index in [1.165, 1.54) is 0 Å². The van der Waals surface area contributed by atoms with Gasteiger partial charge in [-0.3, -0.25) is 0 Å². The van der Waals surface area contributed by atoms with Crippen LogP contribution in [0.25, 0.3) is 0 Å². The number of hydrogen-bond donors (Lipinski definition) is 1. The fourth-order valence-corrected chi connectivity index (χ4v) is 1.41. The molecule has 0 rings (SSSR count). The highest BCUT2D eigenvalue weighted by Gasteiger charge is 2.25. The van der Waals surface area contributed by atoms with Crippen molar-refractivity contribution in [3.05, 3.63) is 0 Å². The Morgan fingerprint density at radius 3 is 2.46 bits per heavy atom. The van der Waals surface area contributed by atoms with Gasteiger partial charge < -0.3 is 9.84 Å². The maximum Gasteiger partial charge on any atom is 0.336 e. The molecule has 0 heterocycles. The van der Waals surface area contributed by atoms with Crippen molar-refractivity contribution in [3.63, 3.8) is 0 Å². The van der Waals surface area contributed by atoms with Crippen LogP contribution in [0.1, 0.15) is 27.2 Å². The minimum absolute atomic E-state index is 0.265. The molecule has 0 radical (unpaired) electrons. The first kappa shape index (κ1) is 12.7. The lowest BCUT2D eigenvalue weighted by atomic mass is 10.0. The van der Waals surface area contributed by atoms with Gasteiger partial charge in [-0.05, 0) is 19.3 Å². The summed E-state index contributed by atoms with van der Waals surface area (Å²) in [5.41, 5.74) is 0. The molecule has 4 heteroatoms. The molecule has 0 aromatic carbocycles. The van der Waals surface area contributed by atoms with Crippen LogP contribution in [-0.2, 0) is 9.53 Å². The molecule has 0 aliphatic heterocycles.